The molecule has 2 aliphatic heterocycles. The molecule has 3 N–H and O–H groups in total. The minimum absolute atomic E-state index is 0.0587. The van der Waals surface area contributed by atoms with Crippen molar-refractivity contribution in [3.05, 3.63) is 84.2 Å². The quantitative estimate of drug-likeness (QED) is 0.0437. The molecule has 2 saturated heterocycles. The molecule has 2 heterocycles. The van der Waals surface area contributed by atoms with Crippen molar-refractivity contribution in [2.75, 3.05) is 26.4 Å². The average molecular weight is 883 g/mol. The van der Waals surface area contributed by atoms with Crippen LogP contribution in [0.15, 0.2) is 60.7 Å². The average Bonchev–Trinajstić information content (AvgIpc) is 3.53. The van der Waals surface area contributed by atoms with E-state index in [-0.39, 0.29) is 42.8 Å². The number of nitrogens with zero attached hydrogens (tertiary/aromatic N) is 2. The zero-order chi connectivity index (χ0) is 34.5. The number of benzene rings is 2. The molecular formula is C32H44I2N2O9Si. The van der Waals surface area contributed by atoms with Gasteiger partial charge in [0.1, 0.15) is 12.1 Å². The van der Waals surface area contributed by atoms with E-state index in [2.05, 4.69) is 79.0 Å². The van der Waals surface area contributed by atoms with Gasteiger partial charge in [0.15, 0.2) is 14.9 Å². The standard InChI is InChI=1S/C13H14INO4.C10H22O2Si.C9H8INO3/c14-9-3-1-8(2-4-9)5-15-12-10(7-18-13(12)17)11(6-16)19-15;1-10(2,3)13(4,5)12-9-7-6-8-11;10-8-3-1-7(2-4-8)5-11(14)6-9(12)13/h1-4,10-12,16H,5-7H2;6-7,11H,8-9H2,1-5H3;1-4,6H,5H2,(H,12,13)/b;7-6-;11-6-/t10?,11-,12-;;/m0../s1. The Kier molecular flexibility index (Phi) is 16.8. The molecule has 46 heavy (non-hydrogen) atoms. The number of aliphatic carboxylic acids is 1. The van der Waals surface area contributed by atoms with Crippen LogP contribution in [-0.4, -0.2) is 90.2 Å². The summed E-state index contributed by atoms with van der Waals surface area (Å²) in [5.41, 5.74) is 1.86. The summed E-state index contributed by atoms with van der Waals surface area (Å²) in [6, 6.07) is 15.0. The third-order valence-corrected chi connectivity index (χ3v) is 13.6. The van der Waals surface area contributed by atoms with Crippen LogP contribution in [0.1, 0.15) is 31.9 Å². The molecule has 254 valence electrons. The summed E-state index contributed by atoms with van der Waals surface area (Å²) in [5, 5.41) is 39.0. The highest BCUT2D eigenvalue weighted by Gasteiger charge is 2.52. The second-order valence-corrected chi connectivity index (χ2v) is 19.5. The number of carboxylic acids is 1. The maximum Gasteiger partial charge on any atom is 0.394 e. The number of hydroxylamine groups is 3. The molecule has 0 saturated carbocycles. The van der Waals surface area contributed by atoms with Crippen molar-refractivity contribution in [1.82, 2.24) is 5.06 Å². The van der Waals surface area contributed by atoms with Crippen molar-refractivity contribution in [1.29, 1.82) is 0 Å². The Morgan fingerprint density at radius 2 is 1.63 bits per heavy atom. The number of hydrogen-bond donors (Lipinski definition) is 3. The van der Waals surface area contributed by atoms with Gasteiger partial charge in [0.2, 0.25) is 0 Å². The van der Waals surface area contributed by atoms with E-state index < -0.39 is 20.3 Å². The van der Waals surface area contributed by atoms with Crippen LogP contribution in [0, 0.1) is 18.3 Å². The number of carbonyl (C=O) groups excluding carboxylic acids is 1. The van der Waals surface area contributed by atoms with Crippen molar-refractivity contribution < 1.29 is 43.6 Å². The maximum atomic E-state index is 11.7. The number of cyclic esters (lactones) is 1. The molecule has 11 nitrogen and oxygen atoms in total. The molecule has 0 aliphatic carbocycles. The predicted molar refractivity (Wildman–Crippen MR) is 194 cm³/mol. The highest BCUT2D eigenvalue weighted by molar-refractivity contribution is 14.1. The van der Waals surface area contributed by atoms with Gasteiger partial charge in [-0.3, -0.25) is 9.63 Å². The van der Waals surface area contributed by atoms with Gasteiger partial charge < -0.3 is 29.7 Å². The molecule has 4 rings (SSSR count). The van der Waals surface area contributed by atoms with Gasteiger partial charge in [-0.25, -0.2) is 9.53 Å². The van der Waals surface area contributed by atoms with Crippen LogP contribution in [0.25, 0.3) is 0 Å². The summed E-state index contributed by atoms with van der Waals surface area (Å²) in [6.07, 6.45) is 3.85. The largest absolute Gasteiger partial charge is 0.623 e. The Balaban J connectivity index is 0.000000247. The van der Waals surface area contributed by atoms with Crippen molar-refractivity contribution in [3.63, 3.8) is 0 Å². The number of aliphatic hydroxyl groups is 2. The lowest BCUT2D eigenvalue weighted by Crippen LogP contribution is -2.40. The molecule has 0 aromatic heterocycles. The fourth-order valence-electron chi connectivity index (χ4n) is 4.12. The van der Waals surface area contributed by atoms with Gasteiger partial charge in [-0.05, 0) is 93.1 Å². The van der Waals surface area contributed by atoms with Crippen molar-refractivity contribution in [2.45, 2.75) is 64.1 Å². The van der Waals surface area contributed by atoms with Gasteiger partial charge in [0.05, 0.1) is 38.9 Å². The molecule has 2 aromatic rings. The molecule has 2 fully saturated rings. The Morgan fingerprint density at radius 3 is 2.13 bits per heavy atom. The van der Waals surface area contributed by atoms with Crippen molar-refractivity contribution in [2.24, 2.45) is 5.92 Å². The minimum Gasteiger partial charge on any atom is -0.623 e. The summed E-state index contributed by atoms with van der Waals surface area (Å²) in [4.78, 5) is 27.6. The Morgan fingerprint density at radius 1 is 1.07 bits per heavy atom. The zero-order valence-electron chi connectivity index (χ0n) is 26.8. The molecule has 0 amide bonds. The van der Waals surface area contributed by atoms with E-state index in [4.69, 9.17) is 24.2 Å². The number of ether oxygens (including phenoxy) is 1. The second kappa shape index (κ2) is 19.2. The summed E-state index contributed by atoms with van der Waals surface area (Å²) in [7, 11) is -1.59. The van der Waals surface area contributed by atoms with E-state index in [1.165, 1.54) is 0 Å². The van der Waals surface area contributed by atoms with E-state index in [0.29, 0.717) is 30.7 Å². The highest BCUT2D eigenvalue weighted by atomic mass is 127. The molecule has 14 heteroatoms. The number of fused-ring (bicyclic) bond motifs is 1. The Bertz CT molecular complexity index is 1320. The smallest absolute Gasteiger partial charge is 0.394 e. The summed E-state index contributed by atoms with van der Waals surface area (Å²) < 4.78 is 13.5. The number of hydrogen-bond acceptors (Lipinski definition) is 9. The van der Waals surface area contributed by atoms with Crippen LogP contribution in [0.5, 0.6) is 0 Å². The topological polar surface area (TPSA) is 152 Å². The SMILES string of the molecule is CC(C)(C)[Si](C)(C)OC/C=C\CO.O=C(O)/C=[N+](\[O-])Cc1ccc(I)cc1.O=C1OCC2[C@H](CO)ON(Cc3ccc(I)cc3)[C@H]12. The highest BCUT2D eigenvalue weighted by Crippen LogP contribution is 2.36. The van der Waals surface area contributed by atoms with E-state index in [0.717, 1.165) is 18.3 Å². The van der Waals surface area contributed by atoms with Crippen LogP contribution in [0.2, 0.25) is 18.1 Å². The van der Waals surface area contributed by atoms with Crippen molar-refractivity contribution >= 4 is 71.7 Å². The monoisotopic (exact) mass is 882 g/mol. The lowest BCUT2D eigenvalue weighted by atomic mass is 9.98. The first-order valence-electron chi connectivity index (χ1n) is 14.7. The van der Waals surface area contributed by atoms with Crippen LogP contribution >= 0.6 is 45.2 Å². The normalized spacial score (nSPS) is 20.0. The van der Waals surface area contributed by atoms with Crippen LogP contribution in [-0.2, 0) is 36.7 Å². The van der Waals surface area contributed by atoms with E-state index in [1.54, 1.807) is 23.3 Å². The first kappa shape index (κ1) is 40.2. The fraction of sp³-hybridized carbons (Fsp3) is 0.469. The summed E-state index contributed by atoms with van der Waals surface area (Å²) in [6.45, 7) is 12.6. The third-order valence-electron chi connectivity index (χ3n) is 7.68. The lowest BCUT2D eigenvalue weighted by Gasteiger charge is -2.35. The van der Waals surface area contributed by atoms with Gasteiger partial charge >= 0.3 is 11.9 Å². The van der Waals surface area contributed by atoms with Gasteiger partial charge in [-0.1, -0.05) is 57.2 Å². The van der Waals surface area contributed by atoms with Crippen molar-refractivity contribution in [3.8, 4) is 0 Å². The van der Waals surface area contributed by atoms with Crippen LogP contribution in [0.4, 0.5) is 0 Å². The lowest BCUT2D eigenvalue weighted by molar-refractivity contribution is -0.469. The molecule has 3 atom stereocenters. The van der Waals surface area contributed by atoms with Gasteiger partial charge in [-0.15, -0.1) is 0 Å². The molecule has 2 aliphatic rings. The molecule has 1 unspecified atom stereocenters. The summed E-state index contributed by atoms with van der Waals surface area (Å²) >= 11 is 4.40. The third kappa shape index (κ3) is 13.3. The zero-order valence-corrected chi connectivity index (χ0v) is 32.1. The van der Waals surface area contributed by atoms with E-state index >= 15 is 0 Å². The molecule has 0 bridgehead atoms. The first-order valence-corrected chi connectivity index (χ1v) is 19.8. The maximum absolute atomic E-state index is 11.7. The summed E-state index contributed by atoms with van der Waals surface area (Å²) in [5.74, 6) is -1.56. The van der Waals surface area contributed by atoms with Gasteiger partial charge in [0, 0.05) is 12.7 Å². The number of esters is 1. The Labute approximate surface area is 299 Å². The van der Waals surface area contributed by atoms with Crippen LogP contribution in [0.3, 0.4) is 0 Å². The van der Waals surface area contributed by atoms with Gasteiger partial charge in [-0.2, -0.15) is 5.06 Å². The predicted octanol–water partition coefficient (Wildman–Crippen LogP) is 4.95. The van der Waals surface area contributed by atoms with Crippen LogP contribution < -0.4 is 0 Å². The molecule has 0 radical (unpaired) electrons. The second-order valence-electron chi connectivity index (χ2n) is 12.2. The molecule has 0 spiro atoms. The Hall–Kier alpha value is -1.93. The number of carboxylic acid groups (broad SMARTS) is 1. The fourth-order valence-corrected chi connectivity index (χ4v) is 5.78. The number of carbonyl (C=O) groups is 2. The van der Waals surface area contributed by atoms with E-state index in [1.807, 2.05) is 42.5 Å². The number of aliphatic hydroxyl groups excluding tert-OH is 2. The number of rotatable bonds is 10. The minimum atomic E-state index is -1.59. The van der Waals surface area contributed by atoms with Gasteiger partial charge in [0.25, 0.3) is 6.21 Å². The molecule has 2 aromatic carbocycles. The first-order chi connectivity index (χ1) is 21.6. The number of halogens is 2. The van der Waals surface area contributed by atoms with E-state index in [9.17, 15) is 19.9 Å². The molecular weight excluding hydrogens is 838 g/mol.